The summed E-state index contributed by atoms with van der Waals surface area (Å²) in [4.78, 5) is 3.98. The highest BCUT2D eigenvalue weighted by Crippen LogP contribution is 2.11. The summed E-state index contributed by atoms with van der Waals surface area (Å²) >= 11 is 0. The molecule has 0 saturated heterocycles. The first kappa shape index (κ1) is 8.97. The van der Waals surface area contributed by atoms with Crippen LogP contribution in [-0.2, 0) is 6.54 Å². The van der Waals surface area contributed by atoms with Crippen LogP contribution in [0.4, 0.5) is 0 Å². The summed E-state index contributed by atoms with van der Waals surface area (Å²) in [6.45, 7) is 0.768. The fourth-order valence-electron chi connectivity index (χ4n) is 1.43. The quantitative estimate of drug-likeness (QED) is 0.792. The SMILES string of the molecule is N[C@@H](Cn1ccnc1)c1ccccc1. The van der Waals surface area contributed by atoms with Crippen molar-refractivity contribution in [2.75, 3.05) is 0 Å². The molecule has 0 unspecified atom stereocenters. The van der Waals surface area contributed by atoms with Crippen molar-refractivity contribution in [3.63, 3.8) is 0 Å². The molecule has 0 spiro atoms. The Kier molecular flexibility index (Phi) is 2.60. The number of nitrogens with zero attached hydrogens (tertiary/aromatic N) is 2. The van der Waals surface area contributed by atoms with Gasteiger partial charge in [0.05, 0.1) is 6.33 Å². The lowest BCUT2D eigenvalue weighted by Crippen LogP contribution is -2.16. The Bertz CT molecular complexity index is 367. The Labute approximate surface area is 83.2 Å². The van der Waals surface area contributed by atoms with Gasteiger partial charge < -0.3 is 10.3 Å². The molecule has 0 aliphatic heterocycles. The molecule has 1 aromatic heterocycles. The van der Waals surface area contributed by atoms with Crippen molar-refractivity contribution in [1.82, 2.24) is 9.55 Å². The first-order valence-corrected chi connectivity index (χ1v) is 4.62. The summed E-state index contributed by atoms with van der Waals surface area (Å²) in [7, 11) is 0. The lowest BCUT2D eigenvalue weighted by molar-refractivity contribution is 0.576. The maximum absolute atomic E-state index is 6.04. The Morgan fingerprint density at radius 3 is 2.71 bits per heavy atom. The molecular formula is C11H13N3. The largest absolute Gasteiger partial charge is 0.336 e. The van der Waals surface area contributed by atoms with E-state index in [2.05, 4.69) is 4.98 Å². The first-order valence-electron chi connectivity index (χ1n) is 4.62. The van der Waals surface area contributed by atoms with Crippen molar-refractivity contribution in [2.24, 2.45) is 5.73 Å². The molecule has 14 heavy (non-hydrogen) atoms. The third kappa shape index (κ3) is 2.00. The third-order valence-corrected chi connectivity index (χ3v) is 2.19. The molecule has 3 heteroatoms. The number of rotatable bonds is 3. The van der Waals surface area contributed by atoms with Crippen LogP contribution < -0.4 is 5.73 Å². The monoisotopic (exact) mass is 187 g/mol. The molecule has 72 valence electrons. The van der Waals surface area contributed by atoms with E-state index in [-0.39, 0.29) is 6.04 Å². The molecule has 3 nitrogen and oxygen atoms in total. The molecule has 1 aromatic carbocycles. The lowest BCUT2D eigenvalue weighted by atomic mass is 10.1. The molecule has 1 heterocycles. The van der Waals surface area contributed by atoms with E-state index in [4.69, 9.17) is 5.73 Å². The molecule has 0 fully saturated rings. The predicted molar refractivity (Wildman–Crippen MR) is 55.6 cm³/mol. The zero-order chi connectivity index (χ0) is 9.80. The van der Waals surface area contributed by atoms with Crippen LogP contribution in [0.5, 0.6) is 0 Å². The molecule has 0 amide bonds. The number of aromatic nitrogens is 2. The van der Waals surface area contributed by atoms with Crippen molar-refractivity contribution in [1.29, 1.82) is 0 Å². The summed E-state index contributed by atoms with van der Waals surface area (Å²) < 4.78 is 1.98. The molecule has 0 aliphatic carbocycles. The van der Waals surface area contributed by atoms with Crippen molar-refractivity contribution < 1.29 is 0 Å². The van der Waals surface area contributed by atoms with Gasteiger partial charge in [-0.15, -0.1) is 0 Å². The van der Waals surface area contributed by atoms with Gasteiger partial charge >= 0.3 is 0 Å². The number of nitrogens with two attached hydrogens (primary N) is 1. The molecule has 0 radical (unpaired) electrons. The Morgan fingerprint density at radius 1 is 1.29 bits per heavy atom. The van der Waals surface area contributed by atoms with E-state index in [1.165, 1.54) is 0 Å². The highest BCUT2D eigenvalue weighted by Gasteiger charge is 2.04. The van der Waals surface area contributed by atoms with Crippen molar-refractivity contribution >= 4 is 0 Å². The van der Waals surface area contributed by atoms with Gasteiger partial charge in [-0.05, 0) is 5.56 Å². The molecule has 0 saturated carbocycles. The molecular weight excluding hydrogens is 174 g/mol. The van der Waals surface area contributed by atoms with E-state index in [1.807, 2.05) is 41.1 Å². The second-order valence-corrected chi connectivity index (χ2v) is 3.28. The maximum Gasteiger partial charge on any atom is 0.0946 e. The zero-order valence-electron chi connectivity index (χ0n) is 7.88. The highest BCUT2D eigenvalue weighted by atomic mass is 15.0. The van der Waals surface area contributed by atoms with E-state index < -0.39 is 0 Å². The minimum atomic E-state index is 0.0328. The van der Waals surface area contributed by atoms with Gasteiger partial charge in [0, 0.05) is 25.0 Å². The minimum absolute atomic E-state index is 0.0328. The summed E-state index contributed by atoms with van der Waals surface area (Å²) in [5, 5.41) is 0. The van der Waals surface area contributed by atoms with Gasteiger partial charge in [-0.3, -0.25) is 0 Å². The standard InChI is InChI=1S/C11H13N3/c12-11(8-14-7-6-13-9-14)10-4-2-1-3-5-10/h1-7,9,11H,8,12H2/t11-/m0/s1. The van der Waals surface area contributed by atoms with Crippen molar-refractivity contribution in [3.8, 4) is 0 Å². The average molecular weight is 187 g/mol. The molecule has 0 bridgehead atoms. The van der Waals surface area contributed by atoms with Crippen LogP contribution in [0.2, 0.25) is 0 Å². The normalized spacial score (nSPS) is 12.6. The maximum atomic E-state index is 6.04. The van der Waals surface area contributed by atoms with Gasteiger partial charge in [0.2, 0.25) is 0 Å². The number of hydrogen-bond donors (Lipinski definition) is 1. The third-order valence-electron chi connectivity index (χ3n) is 2.19. The van der Waals surface area contributed by atoms with Crippen LogP contribution in [0.25, 0.3) is 0 Å². The van der Waals surface area contributed by atoms with Crippen LogP contribution in [0.1, 0.15) is 11.6 Å². The summed E-state index contributed by atoms with van der Waals surface area (Å²) in [5.41, 5.74) is 7.19. The minimum Gasteiger partial charge on any atom is -0.336 e. The summed E-state index contributed by atoms with van der Waals surface area (Å²) in [6.07, 6.45) is 5.46. The predicted octanol–water partition coefficient (Wildman–Crippen LogP) is 1.58. The topological polar surface area (TPSA) is 43.8 Å². The van der Waals surface area contributed by atoms with Gasteiger partial charge in [0.1, 0.15) is 0 Å². The van der Waals surface area contributed by atoms with Crippen molar-refractivity contribution in [3.05, 3.63) is 54.6 Å². The van der Waals surface area contributed by atoms with E-state index in [1.54, 1.807) is 12.5 Å². The van der Waals surface area contributed by atoms with E-state index in [0.717, 1.165) is 12.1 Å². The summed E-state index contributed by atoms with van der Waals surface area (Å²) in [5.74, 6) is 0. The Morgan fingerprint density at radius 2 is 2.07 bits per heavy atom. The van der Waals surface area contributed by atoms with E-state index in [9.17, 15) is 0 Å². The van der Waals surface area contributed by atoms with Crippen LogP contribution >= 0.6 is 0 Å². The van der Waals surface area contributed by atoms with Gasteiger partial charge in [-0.2, -0.15) is 0 Å². The fourth-order valence-corrected chi connectivity index (χ4v) is 1.43. The molecule has 2 rings (SSSR count). The van der Waals surface area contributed by atoms with Crippen LogP contribution in [0.3, 0.4) is 0 Å². The summed E-state index contributed by atoms with van der Waals surface area (Å²) in [6, 6.07) is 10.1. The number of hydrogen-bond acceptors (Lipinski definition) is 2. The Hall–Kier alpha value is -1.61. The van der Waals surface area contributed by atoms with Crippen LogP contribution in [-0.4, -0.2) is 9.55 Å². The molecule has 0 aliphatic rings. The van der Waals surface area contributed by atoms with Gasteiger partial charge in [-0.25, -0.2) is 4.98 Å². The zero-order valence-corrected chi connectivity index (χ0v) is 7.88. The Balaban J connectivity index is 2.07. The second-order valence-electron chi connectivity index (χ2n) is 3.28. The van der Waals surface area contributed by atoms with Gasteiger partial charge in [-0.1, -0.05) is 30.3 Å². The fraction of sp³-hybridized carbons (Fsp3) is 0.182. The average Bonchev–Trinajstić information content (AvgIpc) is 2.72. The molecule has 1 atom stereocenters. The van der Waals surface area contributed by atoms with Gasteiger partial charge in [0.25, 0.3) is 0 Å². The van der Waals surface area contributed by atoms with E-state index in [0.29, 0.717) is 0 Å². The van der Waals surface area contributed by atoms with Crippen LogP contribution in [0, 0.1) is 0 Å². The molecule has 2 N–H and O–H groups in total. The van der Waals surface area contributed by atoms with Crippen LogP contribution in [0.15, 0.2) is 49.1 Å². The lowest BCUT2D eigenvalue weighted by Gasteiger charge is -2.12. The highest BCUT2D eigenvalue weighted by molar-refractivity contribution is 5.18. The van der Waals surface area contributed by atoms with Gasteiger partial charge in [0.15, 0.2) is 0 Å². The first-order chi connectivity index (χ1) is 6.86. The van der Waals surface area contributed by atoms with Crippen molar-refractivity contribution in [2.45, 2.75) is 12.6 Å². The smallest absolute Gasteiger partial charge is 0.0946 e. The number of benzene rings is 1. The second kappa shape index (κ2) is 4.07. The van der Waals surface area contributed by atoms with E-state index >= 15 is 0 Å². The number of imidazole rings is 1. The molecule has 2 aromatic rings.